The number of nitrogens with zero attached hydrogens (tertiary/aromatic N) is 2. The predicted octanol–water partition coefficient (Wildman–Crippen LogP) is 2.73. The number of anilines is 1. The Kier molecular flexibility index (Phi) is 7.12. The monoisotopic (exact) mass is 275 g/mol. The summed E-state index contributed by atoms with van der Waals surface area (Å²) in [6, 6.07) is 5.45. The summed E-state index contributed by atoms with van der Waals surface area (Å²) < 4.78 is 5.14. The molecule has 1 aromatic heterocycles. The van der Waals surface area contributed by atoms with Crippen LogP contribution in [-0.2, 0) is 9.53 Å². The van der Waals surface area contributed by atoms with E-state index in [9.17, 15) is 4.79 Å². The highest BCUT2D eigenvalue weighted by Gasteiger charge is 2.09. The molecule has 0 saturated heterocycles. The van der Waals surface area contributed by atoms with Crippen molar-refractivity contribution in [3.05, 3.63) is 23.9 Å². The average Bonchev–Trinajstić information content (AvgIpc) is 2.44. The molecule has 0 aromatic carbocycles. The van der Waals surface area contributed by atoms with E-state index in [1.54, 1.807) is 18.3 Å². The Labute approximate surface area is 120 Å². The first kappa shape index (κ1) is 16.0. The van der Waals surface area contributed by atoms with Gasteiger partial charge < -0.3 is 10.1 Å². The van der Waals surface area contributed by atoms with Crippen molar-refractivity contribution in [2.75, 3.05) is 18.5 Å². The van der Waals surface area contributed by atoms with Crippen molar-refractivity contribution in [2.24, 2.45) is 5.92 Å². The number of esters is 1. The minimum Gasteiger partial charge on any atom is -0.464 e. The molecule has 0 radical (unpaired) electrons. The topological polar surface area (TPSA) is 75.0 Å². The standard InChI is InChI=1S/C15H21N3O2/c1-3-5-12(2)10-14(19)20-9-8-18-15-13(11-16)6-4-7-17-15/h4,6-7,12H,3,5,8-10H2,1-2H3,(H,17,18). The molecule has 1 heterocycles. The summed E-state index contributed by atoms with van der Waals surface area (Å²) in [5, 5.41) is 11.9. The van der Waals surface area contributed by atoms with Gasteiger partial charge in [-0.05, 0) is 18.1 Å². The second kappa shape index (κ2) is 8.92. The van der Waals surface area contributed by atoms with Crippen LogP contribution in [0, 0.1) is 17.2 Å². The van der Waals surface area contributed by atoms with Gasteiger partial charge in [-0.2, -0.15) is 5.26 Å². The molecule has 0 bridgehead atoms. The second-order valence-electron chi connectivity index (χ2n) is 4.76. The summed E-state index contributed by atoms with van der Waals surface area (Å²) in [6.45, 7) is 4.88. The van der Waals surface area contributed by atoms with Crippen LogP contribution in [-0.4, -0.2) is 24.1 Å². The van der Waals surface area contributed by atoms with Crippen LogP contribution in [0.4, 0.5) is 5.82 Å². The maximum absolute atomic E-state index is 11.5. The Morgan fingerprint density at radius 1 is 1.60 bits per heavy atom. The van der Waals surface area contributed by atoms with Crippen molar-refractivity contribution in [1.82, 2.24) is 4.98 Å². The van der Waals surface area contributed by atoms with Crippen molar-refractivity contribution in [3.63, 3.8) is 0 Å². The van der Waals surface area contributed by atoms with Gasteiger partial charge in [0.2, 0.25) is 0 Å². The lowest BCUT2D eigenvalue weighted by Gasteiger charge is -2.10. The number of carbonyl (C=O) groups excluding carboxylic acids is 1. The van der Waals surface area contributed by atoms with Crippen LogP contribution < -0.4 is 5.32 Å². The van der Waals surface area contributed by atoms with E-state index < -0.39 is 0 Å². The average molecular weight is 275 g/mol. The van der Waals surface area contributed by atoms with Crippen LogP contribution in [0.2, 0.25) is 0 Å². The molecule has 0 aliphatic rings. The van der Waals surface area contributed by atoms with E-state index in [4.69, 9.17) is 10.00 Å². The molecule has 1 atom stereocenters. The number of carbonyl (C=O) groups is 1. The predicted molar refractivity (Wildman–Crippen MR) is 77.1 cm³/mol. The lowest BCUT2D eigenvalue weighted by atomic mass is 10.0. The van der Waals surface area contributed by atoms with Crippen LogP contribution in [0.15, 0.2) is 18.3 Å². The van der Waals surface area contributed by atoms with Gasteiger partial charge in [-0.3, -0.25) is 4.79 Å². The van der Waals surface area contributed by atoms with Crippen molar-refractivity contribution in [2.45, 2.75) is 33.1 Å². The van der Waals surface area contributed by atoms with Crippen molar-refractivity contribution < 1.29 is 9.53 Å². The summed E-state index contributed by atoms with van der Waals surface area (Å²) in [7, 11) is 0. The first-order valence-electron chi connectivity index (χ1n) is 6.92. The molecule has 5 heteroatoms. The Bertz CT molecular complexity index is 468. The maximum atomic E-state index is 11.5. The largest absolute Gasteiger partial charge is 0.464 e. The third-order valence-corrected chi connectivity index (χ3v) is 2.88. The second-order valence-corrected chi connectivity index (χ2v) is 4.76. The third kappa shape index (κ3) is 5.70. The van der Waals surface area contributed by atoms with Gasteiger partial charge >= 0.3 is 5.97 Å². The van der Waals surface area contributed by atoms with Crippen molar-refractivity contribution >= 4 is 11.8 Å². The van der Waals surface area contributed by atoms with E-state index in [2.05, 4.69) is 30.2 Å². The Balaban J connectivity index is 2.25. The number of rotatable bonds is 8. The molecule has 1 aromatic rings. The van der Waals surface area contributed by atoms with Crippen LogP contribution in [0.1, 0.15) is 38.7 Å². The number of hydrogen-bond donors (Lipinski definition) is 1. The van der Waals surface area contributed by atoms with Crippen molar-refractivity contribution in [1.29, 1.82) is 5.26 Å². The highest BCUT2D eigenvalue weighted by atomic mass is 16.5. The molecule has 0 amide bonds. The molecule has 0 fully saturated rings. The summed E-state index contributed by atoms with van der Waals surface area (Å²) in [6.07, 6.45) is 4.18. The molecular weight excluding hydrogens is 254 g/mol. The van der Waals surface area contributed by atoms with Crippen LogP contribution in [0.25, 0.3) is 0 Å². The molecule has 5 nitrogen and oxygen atoms in total. The summed E-state index contributed by atoms with van der Waals surface area (Å²) in [4.78, 5) is 15.6. The van der Waals surface area contributed by atoms with Gasteiger partial charge in [0.05, 0.1) is 12.1 Å². The fraction of sp³-hybridized carbons (Fsp3) is 0.533. The van der Waals surface area contributed by atoms with Crippen LogP contribution >= 0.6 is 0 Å². The van der Waals surface area contributed by atoms with Gasteiger partial charge in [-0.25, -0.2) is 4.98 Å². The number of pyridine rings is 1. The third-order valence-electron chi connectivity index (χ3n) is 2.88. The lowest BCUT2D eigenvalue weighted by molar-refractivity contribution is -0.144. The van der Waals surface area contributed by atoms with Crippen LogP contribution in [0.3, 0.4) is 0 Å². The zero-order valence-corrected chi connectivity index (χ0v) is 12.1. The van der Waals surface area contributed by atoms with E-state index >= 15 is 0 Å². The van der Waals surface area contributed by atoms with Crippen molar-refractivity contribution in [3.8, 4) is 6.07 Å². The van der Waals surface area contributed by atoms with E-state index in [1.807, 2.05) is 0 Å². The Morgan fingerprint density at radius 3 is 3.10 bits per heavy atom. The molecule has 1 unspecified atom stereocenters. The number of hydrogen-bond acceptors (Lipinski definition) is 5. The Morgan fingerprint density at radius 2 is 2.40 bits per heavy atom. The molecule has 0 saturated carbocycles. The molecule has 108 valence electrons. The molecule has 0 aliphatic heterocycles. The van der Waals surface area contributed by atoms with Crippen LogP contribution in [0.5, 0.6) is 0 Å². The minimum absolute atomic E-state index is 0.172. The molecule has 1 rings (SSSR count). The number of nitriles is 1. The highest BCUT2D eigenvalue weighted by molar-refractivity contribution is 5.69. The van der Waals surface area contributed by atoms with Gasteiger partial charge in [0.15, 0.2) is 0 Å². The smallest absolute Gasteiger partial charge is 0.306 e. The zero-order chi connectivity index (χ0) is 14.8. The van der Waals surface area contributed by atoms with Gasteiger partial charge in [-0.15, -0.1) is 0 Å². The quantitative estimate of drug-likeness (QED) is 0.583. The lowest BCUT2D eigenvalue weighted by Crippen LogP contribution is -2.16. The van der Waals surface area contributed by atoms with Gasteiger partial charge in [0.25, 0.3) is 0 Å². The minimum atomic E-state index is -0.172. The number of ether oxygens (including phenoxy) is 1. The fourth-order valence-corrected chi connectivity index (χ4v) is 1.91. The van der Waals surface area contributed by atoms with Gasteiger partial charge in [0.1, 0.15) is 18.5 Å². The first-order chi connectivity index (χ1) is 9.67. The molecule has 20 heavy (non-hydrogen) atoms. The fourth-order valence-electron chi connectivity index (χ4n) is 1.91. The van der Waals surface area contributed by atoms with E-state index in [1.165, 1.54) is 0 Å². The molecule has 0 spiro atoms. The molecule has 1 N–H and O–H groups in total. The number of nitrogens with one attached hydrogen (secondary N) is 1. The van der Waals surface area contributed by atoms with E-state index in [-0.39, 0.29) is 12.6 Å². The summed E-state index contributed by atoms with van der Waals surface area (Å²) in [5.74, 6) is 0.709. The van der Waals surface area contributed by atoms with Gasteiger partial charge in [-0.1, -0.05) is 26.7 Å². The van der Waals surface area contributed by atoms with Gasteiger partial charge in [0, 0.05) is 12.6 Å². The Hall–Kier alpha value is -2.09. The summed E-state index contributed by atoms with van der Waals surface area (Å²) >= 11 is 0. The van der Waals surface area contributed by atoms with E-state index in [0.29, 0.717) is 30.3 Å². The van der Waals surface area contributed by atoms with E-state index in [0.717, 1.165) is 12.8 Å². The normalized spacial score (nSPS) is 11.4. The maximum Gasteiger partial charge on any atom is 0.306 e. The zero-order valence-electron chi connectivity index (χ0n) is 12.1. The highest BCUT2D eigenvalue weighted by Crippen LogP contribution is 2.11. The SMILES string of the molecule is CCCC(C)CC(=O)OCCNc1ncccc1C#N. The first-order valence-corrected chi connectivity index (χ1v) is 6.92. The number of aromatic nitrogens is 1. The molecule has 0 aliphatic carbocycles. The molecular formula is C15H21N3O2. The summed E-state index contributed by atoms with van der Waals surface area (Å²) in [5.41, 5.74) is 0.482.